The molecular formula is C17H26N2O4. The predicted molar refractivity (Wildman–Crippen MR) is 86.8 cm³/mol. The topological polar surface area (TPSA) is 102 Å². The maximum absolute atomic E-state index is 11.8. The van der Waals surface area contributed by atoms with Crippen LogP contribution in [-0.2, 0) is 11.2 Å². The first-order valence-corrected chi connectivity index (χ1v) is 8.01. The van der Waals surface area contributed by atoms with Gasteiger partial charge in [0, 0.05) is 13.5 Å². The second-order valence-electron chi connectivity index (χ2n) is 6.21. The number of benzene rings is 1. The average molecular weight is 322 g/mol. The highest BCUT2D eigenvalue weighted by Gasteiger charge is 2.52. The van der Waals surface area contributed by atoms with Crippen LogP contribution in [0.15, 0.2) is 30.3 Å². The summed E-state index contributed by atoms with van der Waals surface area (Å²) in [7, 11) is 1.54. The molecule has 0 unspecified atom stereocenters. The van der Waals surface area contributed by atoms with E-state index in [1.807, 2.05) is 30.3 Å². The standard InChI is InChI=1S/C17H26N2O4/c1-18-14(21)10-17(16(23)15(22)13(11-20)19-17)9-5-8-12-6-3-2-4-7-12/h2-4,6-7,13,15-16,19-20,22-23H,5,8-11H2,1H3,(H,18,21)/t13-,15-,16-,17-/m1/s1. The summed E-state index contributed by atoms with van der Waals surface area (Å²) in [6.45, 7) is -0.285. The van der Waals surface area contributed by atoms with Gasteiger partial charge in [-0.2, -0.15) is 0 Å². The largest absolute Gasteiger partial charge is 0.395 e. The lowest BCUT2D eigenvalue weighted by Gasteiger charge is -2.33. The molecule has 1 heterocycles. The molecule has 1 amide bonds. The summed E-state index contributed by atoms with van der Waals surface area (Å²) in [5.41, 5.74) is 0.274. The first-order chi connectivity index (χ1) is 11.0. The van der Waals surface area contributed by atoms with E-state index in [4.69, 9.17) is 0 Å². The molecule has 1 aliphatic rings. The van der Waals surface area contributed by atoms with E-state index in [1.54, 1.807) is 7.05 Å². The third-order valence-corrected chi connectivity index (χ3v) is 4.66. The van der Waals surface area contributed by atoms with Gasteiger partial charge in [0.05, 0.1) is 24.3 Å². The van der Waals surface area contributed by atoms with Crippen molar-refractivity contribution in [3.63, 3.8) is 0 Å². The monoisotopic (exact) mass is 322 g/mol. The molecule has 0 aromatic heterocycles. The third-order valence-electron chi connectivity index (χ3n) is 4.66. The van der Waals surface area contributed by atoms with Crippen LogP contribution in [0.2, 0.25) is 0 Å². The molecule has 128 valence electrons. The van der Waals surface area contributed by atoms with Crippen LogP contribution in [0.25, 0.3) is 0 Å². The van der Waals surface area contributed by atoms with Gasteiger partial charge in [-0.15, -0.1) is 0 Å². The van der Waals surface area contributed by atoms with Gasteiger partial charge in [-0.3, -0.25) is 4.79 Å². The number of rotatable bonds is 7. The zero-order chi connectivity index (χ0) is 16.9. The van der Waals surface area contributed by atoms with Gasteiger partial charge in [-0.25, -0.2) is 0 Å². The van der Waals surface area contributed by atoms with Crippen LogP contribution in [0.4, 0.5) is 0 Å². The van der Waals surface area contributed by atoms with Crippen molar-refractivity contribution in [1.29, 1.82) is 0 Å². The molecular weight excluding hydrogens is 296 g/mol. The summed E-state index contributed by atoms with van der Waals surface area (Å²) < 4.78 is 0. The lowest BCUT2D eigenvalue weighted by molar-refractivity contribution is -0.123. The van der Waals surface area contributed by atoms with Crippen LogP contribution in [-0.4, -0.2) is 58.7 Å². The van der Waals surface area contributed by atoms with Crippen molar-refractivity contribution in [2.45, 2.75) is 49.5 Å². The van der Waals surface area contributed by atoms with Crippen molar-refractivity contribution < 1.29 is 20.1 Å². The molecule has 2 rings (SSSR count). The van der Waals surface area contributed by atoms with Gasteiger partial charge in [0.2, 0.25) is 5.91 Å². The Hall–Kier alpha value is -1.47. The zero-order valence-electron chi connectivity index (χ0n) is 13.4. The van der Waals surface area contributed by atoms with E-state index in [1.165, 1.54) is 5.56 Å². The quantitative estimate of drug-likeness (QED) is 0.469. The zero-order valence-corrected chi connectivity index (χ0v) is 13.4. The molecule has 5 N–H and O–H groups in total. The first-order valence-electron chi connectivity index (χ1n) is 8.01. The highest BCUT2D eigenvalue weighted by molar-refractivity contribution is 5.77. The van der Waals surface area contributed by atoms with Crippen molar-refractivity contribution in [1.82, 2.24) is 10.6 Å². The van der Waals surface area contributed by atoms with Gasteiger partial charge in [0.1, 0.15) is 6.10 Å². The second kappa shape index (κ2) is 7.88. The van der Waals surface area contributed by atoms with E-state index >= 15 is 0 Å². The lowest BCUT2D eigenvalue weighted by atomic mass is 9.83. The van der Waals surface area contributed by atoms with Crippen LogP contribution in [0.3, 0.4) is 0 Å². The highest BCUT2D eigenvalue weighted by Crippen LogP contribution is 2.32. The Kier molecular flexibility index (Phi) is 6.12. The Labute approximate surface area is 136 Å². The SMILES string of the molecule is CNC(=O)C[C@@]1(CCCc2ccccc2)N[C@H](CO)[C@@H](O)[C@H]1O. The van der Waals surface area contributed by atoms with Gasteiger partial charge >= 0.3 is 0 Å². The van der Waals surface area contributed by atoms with Gasteiger partial charge in [0.15, 0.2) is 0 Å². The van der Waals surface area contributed by atoms with E-state index in [0.717, 1.165) is 12.8 Å². The number of aryl methyl sites for hydroxylation is 1. The molecule has 6 heteroatoms. The van der Waals surface area contributed by atoms with Gasteiger partial charge < -0.3 is 26.0 Å². The Morgan fingerprint density at radius 1 is 1.30 bits per heavy atom. The van der Waals surface area contributed by atoms with Crippen LogP contribution in [0.5, 0.6) is 0 Å². The summed E-state index contributed by atoms with van der Waals surface area (Å²) in [6, 6.07) is 9.37. The van der Waals surface area contributed by atoms with Crippen LogP contribution < -0.4 is 10.6 Å². The normalized spacial score (nSPS) is 30.3. The fraction of sp³-hybridized carbons (Fsp3) is 0.588. The molecule has 0 radical (unpaired) electrons. The number of hydrogen-bond donors (Lipinski definition) is 5. The van der Waals surface area contributed by atoms with Crippen LogP contribution >= 0.6 is 0 Å². The predicted octanol–water partition coefficient (Wildman–Crippen LogP) is -0.430. The highest BCUT2D eigenvalue weighted by atomic mass is 16.3. The van der Waals surface area contributed by atoms with Crippen molar-refractivity contribution in [3.05, 3.63) is 35.9 Å². The fourth-order valence-corrected chi connectivity index (χ4v) is 3.33. The number of hydrogen-bond acceptors (Lipinski definition) is 5. The van der Waals surface area contributed by atoms with Gasteiger partial charge in [0.25, 0.3) is 0 Å². The van der Waals surface area contributed by atoms with Crippen LogP contribution in [0, 0.1) is 0 Å². The smallest absolute Gasteiger partial charge is 0.221 e. The van der Waals surface area contributed by atoms with E-state index in [-0.39, 0.29) is 18.9 Å². The minimum Gasteiger partial charge on any atom is -0.395 e. The second-order valence-corrected chi connectivity index (χ2v) is 6.21. The fourth-order valence-electron chi connectivity index (χ4n) is 3.33. The summed E-state index contributed by atoms with van der Waals surface area (Å²) >= 11 is 0. The van der Waals surface area contributed by atoms with E-state index in [0.29, 0.717) is 6.42 Å². The number of amides is 1. The Balaban J connectivity index is 2.06. The summed E-state index contributed by atoms with van der Waals surface area (Å²) in [5.74, 6) is -0.206. The lowest BCUT2D eigenvalue weighted by Crippen LogP contribution is -2.52. The Morgan fingerprint density at radius 2 is 2.00 bits per heavy atom. The molecule has 0 spiro atoms. The maximum atomic E-state index is 11.8. The first kappa shape index (κ1) is 17.9. The molecule has 1 aliphatic heterocycles. The molecule has 1 aromatic carbocycles. The Bertz CT molecular complexity index is 511. The van der Waals surface area contributed by atoms with E-state index < -0.39 is 23.8 Å². The van der Waals surface area contributed by atoms with Crippen molar-refractivity contribution >= 4 is 5.91 Å². The number of carbonyl (C=O) groups is 1. The molecule has 6 nitrogen and oxygen atoms in total. The van der Waals surface area contributed by atoms with E-state index in [9.17, 15) is 20.1 Å². The Morgan fingerprint density at radius 3 is 2.57 bits per heavy atom. The van der Waals surface area contributed by atoms with Crippen molar-refractivity contribution in [2.24, 2.45) is 0 Å². The van der Waals surface area contributed by atoms with Crippen molar-refractivity contribution in [2.75, 3.05) is 13.7 Å². The molecule has 1 fully saturated rings. The van der Waals surface area contributed by atoms with Crippen molar-refractivity contribution in [3.8, 4) is 0 Å². The average Bonchev–Trinajstić information content (AvgIpc) is 2.80. The third kappa shape index (κ3) is 4.09. The molecule has 1 aromatic rings. The summed E-state index contributed by atoms with van der Waals surface area (Å²) in [5, 5.41) is 35.5. The molecule has 4 atom stereocenters. The molecule has 0 saturated carbocycles. The molecule has 0 aliphatic carbocycles. The number of aliphatic hydroxyl groups is 3. The summed E-state index contributed by atoms with van der Waals surface area (Å²) in [4.78, 5) is 11.8. The van der Waals surface area contributed by atoms with E-state index in [2.05, 4.69) is 10.6 Å². The minimum atomic E-state index is -1.09. The molecule has 23 heavy (non-hydrogen) atoms. The van der Waals surface area contributed by atoms with Gasteiger partial charge in [-0.1, -0.05) is 30.3 Å². The molecule has 0 bridgehead atoms. The maximum Gasteiger partial charge on any atom is 0.221 e. The summed E-state index contributed by atoms with van der Waals surface area (Å²) in [6.07, 6.45) is 0.00606. The van der Waals surface area contributed by atoms with Crippen LogP contribution in [0.1, 0.15) is 24.8 Å². The minimum absolute atomic E-state index is 0.0625. The van der Waals surface area contributed by atoms with Gasteiger partial charge in [-0.05, 0) is 24.8 Å². The number of nitrogens with one attached hydrogen (secondary N) is 2. The molecule has 1 saturated heterocycles. The number of carbonyl (C=O) groups excluding carboxylic acids is 1. The number of aliphatic hydroxyl groups excluding tert-OH is 3.